The molecule has 0 saturated heterocycles. The molecule has 0 unspecified atom stereocenters. The predicted molar refractivity (Wildman–Crippen MR) is 122 cm³/mol. The molecule has 1 amide bonds. The van der Waals surface area contributed by atoms with E-state index in [4.69, 9.17) is 4.74 Å². The Labute approximate surface area is 187 Å². The van der Waals surface area contributed by atoms with Gasteiger partial charge in [0.1, 0.15) is 0 Å². The van der Waals surface area contributed by atoms with Crippen LogP contribution in [-0.4, -0.2) is 45.0 Å². The number of aryl methyl sites for hydroxylation is 1. The Bertz CT molecular complexity index is 1530. The zero-order valence-electron chi connectivity index (χ0n) is 18.0. The summed E-state index contributed by atoms with van der Waals surface area (Å²) in [6.45, 7) is 1.14. The summed E-state index contributed by atoms with van der Waals surface area (Å²) in [6.07, 6.45) is 0.798. The van der Waals surface area contributed by atoms with Crippen LogP contribution in [0.15, 0.2) is 52.1 Å². The monoisotopic (exact) mass is 446 g/mol. The highest BCUT2D eigenvalue weighted by molar-refractivity contribution is 5.96. The normalized spacial score (nSPS) is 13.3. The van der Waals surface area contributed by atoms with Gasteiger partial charge in [-0.2, -0.15) is 0 Å². The fourth-order valence-electron chi connectivity index (χ4n) is 4.50. The number of benzene rings is 2. The van der Waals surface area contributed by atoms with Crippen molar-refractivity contribution in [2.24, 2.45) is 0 Å². The number of methoxy groups -OCH3 is 1. The van der Waals surface area contributed by atoms with Gasteiger partial charge in [0.25, 0.3) is 5.56 Å². The number of rotatable bonds is 4. The van der Waals surface area contributed by atoms with Crippen LogP contribution in [0.4, 0.5) is 0 Å². The minimum absolute atomic E-state index is 0.0821. The molecule has 33 heavy (non-hydrogen) atoms. The Morgan fingerprint density at radius 2 is 1.88 bits per heavy atom. The van der Waals surface area contributed by atoms with Gasteiger partial charge in [-0.1, -0.05) is 12.1 Å². The third kappa shape index (κ3) is 3.61. The molecule has 0 bridgehead atoms. The van der Waals surface area contributed by atoms with Crippen molar-refractivity contribution in [1.29, 1.82) is 0 Å². The summed E-state index contributed by atoms with van der Waals surface area (Å²) in [5.74, 6) is -0.490. The van der Waals surface area contributed by atoms with Crippen LogP contribution in [0.2, 0.25) is 0 Å². The summed E-state index contributed by atoms with van der Waals surface area (Å²) in [5.41, 5.74) is 2.95. The molecule has 5 rings (SSSR count). The Hall–Kier alpha value is -4.14. The zero-order chi connectivity index (χ0) is 23.1. The molecule has 168 valence electrons. The van der Waals surface area contributed by atoms with Gasteiger partial charge in [-0.3, -0.25) is 19.1 Å². The second-order valence-corrected chi connectivity index (χ2v) is 8.08. The number of carbonyl (C=O) groups excluding carboxylic acids is 2. The van der Waals surface area contributed by atoms with Crippen LogP contribution in [0.5, 0.6) is 0 Å². The summed E-state index contributed by atoms with van der Waals surface area (Å²) in [7, 11) is 1.34. The van der Waals surface area contributed by atoms with Crippen molar-refractivity contribution < 1.29 is 14.3 Å². The molecule has 1 aliphatic rings. The molecule has 0 atom stereocenters. The Balaban J connectivity index is 1.38. The van der Waals surface area contributed by atoms with E-state index in [2.05, 4.69) is 9.97 Å². The molecule has 2 N–H and O–H groups in total. The van der Waals surface area contributed by atoms with Crippen LogP contribution >= 0.6 is 0 Å². The molecule has 0 fully saturated rings. The van der Waals surface area contributed by atoms with Crippen molar-refractivity contribution in [3.63, 3.8) is 0 Å². The number of para-hydroxylation sites is 1. The third-order valence-corrected chi connectivity index (χ3v) is 6.20. The predicted octanol–water partition coefficient (Wildman–Crippen LogP) is 1.93. The standard InChI is InChI=1S/C24H22N4O5/c1-33-23(31)14-6-7-18-16(12-14)17-13-27(10-8-19(17)25-18)21(29)9-11-28-20-5-3-2-4-15(20)22(30)26-24(28)32/h2-7,12,25H,8-11,13H2,1H3,(H,26,30,32). The molecule has 0 saturated carbocycles. The Kier molecular flexibility index (Phi) is 5.08. The highest BCUT2D eigenvalue weighted by Gasteiger charge is 2.24. The summed E-state index contributed by atoms with van der Waals surface area (Å²) in [6, 6.07) is 12.2. The maximum Gasteiger partial charge on any atom is 0.337 e. The maximum absolute atomic E-state index is 13.0. The number of carbonyl (C=O) groups is 2. The number of aromatic amines is 2. The summed E-state index contributed by atoms with van der Waals surface area (Å²) in [5, 5.41) is 1.31. The van der Waals surface area contributed by atoms with Gasteiger partial charge in [-0.05, 0) is 30.3 Å². The fourth-order valence-corrected chi connectivity index (χ4v) is 4.50. The number of nitrogens with one attached hydrogen (secondary N) is 2. The molecule has 9 nitrogen and oxygen atoms in total. The van der Waals surface area contributed by atoms with Crippen molar-refractivity contribution in [3.8, 4) is 0 Å². The van der Waals surface area contributed by atoms with Gasteiger partial charge >= 0.3 is 11.7 Å². The average Bonchev–Trinajstić information content (AvgIpc) is 3.20. The van der Waals surface area contributed by atoms with Gasteiger partial charge in [0.05, 0.1) is 23.6 Å². The number of hydrogen-bond acceptors (Lipinski definition) is 5. The van der Waals surface area contributed by atoms with Crippen molar-refractivity contribution in [2.45, 2.75) is 25.9 Å². The second-order valence-electron chi connectivity index (χ2n) is 8.08. The topological polar surface area (TPSA) is 117 Å². The van der Waals surface area contributed by atoms with E-state index in [-0.39, 0.29) is 18.9 Å². The van der Waals surface area contributed by atoms with E-state index in [1.54, 1.807) is 41.3 Å². The first-order valence-corrected chi connectivity index (χ1v) is 10.7. The van der Waals surface area contributed by atoms with Gasteiger partial charge in [0.2, 0.25) is 5.91 Å². The summed E-state index contributed by atoms with van der Waals surface area (Å²) >= 11 is 0. The molecular formula is C24H22N4O5. The fraction of sp³-hybridized carbons (Fsp3) is 0.250. The van der Waals surface area contributed by atoms with Crippen LogP contribution in [0.3, 0.4) is 0 Å². The van der Waals surface area contributed by atoms with E-state index in [1.807, 2.05) is 6.07 Å². The number of H-pyrrole nitrogens is 2. The Morgan fingerprint density at radius 1 is 1.06 bits per heavy atom. The van der Waals surface area contributed by atoms with Crippen LogP contribution in [0.1, 0.15) is 28.0 Å². The van der Waals surface area contributed by atoms with E-state index in [0.717, 1.165) is 22.2 Å². The van der Waals surface area contributed by atoms with Gasteiger partial charge in [-0.15, -0.1) is 0 Å². The minimum atomic E-state index is -0.528. The molecule has 0 radical (unpaired) electrons. The van der Waals surface area contributed by atoms with Gasteiger partial charge in [0.15, 0.2) is 0 Å². The van der Waals surface area contributed by atoms with E-state index < -0.39 is 17.2 Å². The van der Waals surface area contributed by atoms with Crippen molar-refractivity contribution >= 4 is 33.7 Å². The molecule has 2 aromatic carbocycles. The first-order chi connectivity index (χ1) is 16.0. The average molecular weight is 446 g/mol. The van der Waals surface area contributed by atoms with Crippen molar-refractivity contribution in [1.82, 2.24) is 19.4 Å². The summed E-state index contributed by atoms with van der Waals surface area (Å²) < 4.78 is 6.25. The highest BCUT2D eigenvalue weighted by atomic mass is 16.5. The lowest BCUT2D eigenvalue weighted by atomic mass is 10.0. The first-order valence-electron chi connectivity index (χ1n) is 10.7. The SMILES string of the molecule is COC(=O)c1ccc2[nH]c3c(c2c1)CN(C(=O)CCn1c(=O)[nH]c(=O)c2ccccc21)CC3. The Morgan fingerprint density at radius 3 is 2.70 bits per heavy atom. The molecule has 1 aliphatic heterocycles. The largest absolute Gasteiger partial charge is 0.465 e. The quantitative estimate of drug-likeness (QED) is 0.465. The van der Waals surface area contributed by atoms with Gasteiger partial charge in [0, 0.05) is 54.6 Å². The maximum atomic E-state index is 13.0. The first kappa shape index (κ1) is 20.7. The smallest absolute Gasteiger partial charge is 0.337 e. The number of fused-ring (bicyclic) bond motifs is 4. The number of ether oxygens (including phenoxy) is 1. The second kappa shape index (κ2) is 8.09. The molecule has 0 aliphatic carbocycles. The molecule has 9 heteroatoms. The molecule has 3 heterocycles. The number of hydrogen-bond donors (Lipinski definition) is 2. The van der Waals surface area contributed by atoms with Crippen LogP contribution in [-0.2, 0) is 29.0 Å². The van der Waals surface area contributed by atoms with E-state index in [1.165, 1.54) is 11.7 Å². The molecule has 2 aromatic heterocycles. The lowest BCUT2D eigenvalue weighted by molar-refractivity contribution is -0.132. The molecule has 4 aromatic rings. The van der Waals surface area contributed by atoms with Crippen LogP contribution in [0, 0.1) is 0 Å². The number of esters is 1. The van der Waals surface area contributed by atoms with Crippen molar-refractivity contribution in [2.75, 3.05) is 13.7 Å². The van der Waals surface area contributed by atoms with Crippen LogP contribution in [0.25, 0.3) is 21.8 Å². The lowest BCUT2D eigenvalue weighted by Crippen LogP contribution is -2.37. The number of aromatic nitrogens is 3. The number of amides is 1. The van der Waals surface area contributed by atoms with E-state index in [0.29, 0.717) is 36.0 Å². The zero-order valence-corrected chi connectivity index (χ0v) is 18.0. The lowest BCUT2D eigenvalue weighted by Gasteiger charge is -2.27. The van der Waals surface area contributed by atoms with E-state index in [9.17, 15) is 19.2 Å². The minimum Gasteiger partial charge on any atom is -0.465 e. The van der Waals surface area contributed by atoms with Gasteiger partial charge < -0.3 is 14.6 Å². The third-order valence-electron chi connectivity index (χ3n) is 6.20. The summed E-state index contributed by atoms with van der Waals surface area (Å²) in [4.78, 5) is 56.8. The van der Waals surface area contributed by atoms with Crippen LogP contribution < -0.4 is 11.2 Å². The molecular weight excluding hydrogens is 424 g/mol. The highest BCUT2D eigenvalue weighted by Crippen LogP contribution is 2.29. The van der Waals surface area contributed by atoms with E-state index >= 15 is 0 Å². The van der Waals surface area contributed by atoms with Crippen molar-refractivity contribution in [3.05, 3.63) is 80.1 Å². The molecule has 0 spiro atoms. The van der Waals surface area contributed by atoms with Gasteiger partial charge in [-0.25, -0.2) is 9.59 Å². The number of nitrogens with zero attached hydrogens (tertiary/aromatic N) is 2.